The number of pyridine rings is 1. The number of hydrogen-bond acceptors (Lipinski definition) is 5. The fourth-order valence-electron chi connectivity index (χ4n) is 1.82. The molecule has 2 rings (SSSR count). The fraction of sp³-hybridized carbons (Fsp3) is 0.417. The summed E-state index contributed by atoms with van der Waals surface area (Å²) in [4.78, 5) is 22.0. The minimum absolute atomic E-state index is 0.0719. The van der Waals surface area contributed by atoms with E-state index in [4.69, 9.17) is 5.11 Å². The predicted molar refractivity (Wildman–Crippen MR) is 69.1 cm³/mol. The Morgan fingerprint density at radius 1 is 1.30 bits per heavy atom. The maximum absolute atomic E-state index is 11.5. The third-order valence-corrected chi connectivity index (χ3v) is 2.84. The molecule has 0 saturated carbocycles. The highest BCUT2D eigenvalue weighted by Crippen LogP contribution is 2.00. The van der Waals surface area contributed by atoms with Crippen LogP contribution in [0.2, 0.25) is 0 Å². The lowest BCUT2D eigenvalue weighted by Crippen LogP contribution is -2.20. The molecule has 0 aromatic carbocycles. The van der Waals surface area contributed by atoms with E-state index in [1.165, 1.54) is 6.07 Å². The molecular weight excluding hydrogens is 262 g/mol. The second kappa shape index (κ2) is 6.60. The van der Waals surface area contributed by atoms with Crippen molar-refractivity contribution in [2.45, 2.75) is 32.4 Å². The van der Waals surface area contributed by atoms with Crippen LogP contribution in [0.5, 0.6) is 0 Å². The summed E-state index contributed by atoms with van der Waals surface area (Å²) in [6.07, 6.45) is 2.78. The number of carbonyl (C=O) groups is 1. The van der Waals surface area contributed by atoms with Gasteiger partial charge in [0, 0.05) is 38.2 Å². The number of rotatable bonds is 7. The molecule has 0 bridgehead atoms. The smallest absolute Gasteiger partial charge is 0.303 e. The standard InChI is InChI=1S/C12H15N5O3/c18-11-4-1-2-7-16(11)9-6-10-13-14-15-17(10)8-3-5-12(19)20/h1-2,4,7H,3,5-6,8-9H2,(H,19,20). The number of nitrogens with zero attached hydrogens (tertiary/aromatic N) is 5. The van der Waals surface area contributed by atoms with Gasteiger partial charge in [0.25, 0.3) is 5.56 Å². The van der Waals surface area contributed by atoms with Crippen molar-refractivity contribution in [2.75, 3.05) is 0 Å². The zero-order chi connectivity index (χ0) is 14.4. The van der Waals surface area contributed by atoms with E-state index < -0.39 is 5.97 Å². The molecule has 0 amide bonds. The van der Waals surface area contributed by atoms with Gasteiger partial charge in [0.05, 0.1) is 0 Å². The second-order valence-corrected chi connectivity index (χ2v) is 4.30. The molecule has 0 aliphatic rings. The van der Waals surface area contributed by atoms with Gasteiger partial charge < -0.3 is 9.67 Å². The van der Waals surface area contributed by atoms with Gasteiger partial charge >= 0.3 is 5.97 Å². The van der Waals surface area contributed by atoms with Gasteiger partial charge in [0.15, 0.2) is 5.82 Å². The van der Waals surface area contributed by atoms with Crippen LogP contribution in [0.4, 0.5) is 0 Å². The summed E-state index contributed by atoms with van der Waals surface area (Å²) in [6.45, 7) is 0.942. The van der Waals surface area contributed by atoms with E-state index in [1.807, 2.05) is 0 Å². The lowest BCUT2D eigenvalue weighted by molar-refractivity contribution is -0.137. The molecule has 2 heterocycles. The number of aliphatic carboxylic acids is 1. The van der Waals surface area contributed by atoms with E-state index in [0.29, 0.717) is 31.8 Å². The summed E-state index contributed by atoms with van der Waals surface area (Å²) in [5.74, 6) is -0.193. The lowest BCUT2D eigenvalue weighted by Gasteiger charge is -2.05. The summed E-state index contributed by atoms with van der Waals surface area (Å²) in [6, 6.07) is 4.97. The van der Waals surface area contributed by atoms with Crippen LogP contribution < -0.4 is 5.56 Å². The van der Waals surface area contributed by atoms with Gasteiger partial charge in [-0.05, 0) is 22.9 Å². The number of hydrogen-bond donors (Lipinski definition) is 1. The van der Waals surface area contributed by atoms with Crippen LogP contribution in [0.25, 0.3) is 0 Å². The third-order valence-electron chi connectivity index (χ3n) is 2.84. The van der Waals surface area contributed by atoms with Crippen LogP contribution in [0.3, 0.4) is 0 Å². The Morgan fingerprint density at radius 3 is 2.90 bits per heavy atom. The molecule has 20 heavy (non-hydrogen) atoms. The number of tetrazole rings is 1. The van der Waals surface area contributed by atoms with E-state index in [1.54, 1.807) is 27.6 Å². The average Bonchev–Trinajstić information content (AvgIpc) is 2.85. The van der Waals surface area contributed by atoms with Crippen LogP contribution in [0, 0.1) is 0 Å². The maximum Gasteiger partial charge on any atom is 0.303 e. The summed E-state index contributed by atoms with van der Waals surface area (Å²) >= 11 is 0. The summed E-state index contributed by atoms with van der Waals surface area (Å²) in [5.41, 5.74) is -0.0719. The van der Waals surface area contributed by atoms with Crippen LogP contribution >= 0.6 is 0 Å². The topological polar surface area (TPSA) is 103 Å². The van der Waals surface area contributed by atoms with Gasteiger partial charge in [0.2, 0.25) is 0 Å². The van der Waals surface area contributed by atoms with Gasteiger partial charge in [-0.1, -0.05) is 6.07 Å². The van der Waals surface area contributed by atoms with Gasteiger partial charge in [-0.15, -0.1) is 5.10 Å². The first kappa shape index (κ1) is 13.9. The number of carboxylic acid groups (broad SMARTS) is 1. The molecule has 0 radical (unpaired) electrons. The first-order valence-corrected chi connectivity index (χ1v) is 6.29. The Morgan fingerprint density at radius 2 is 2.15 bits per heavy atom. The Kier molecular flexibility index (Phi) is 4.59. The molecule has 0 fully saturated rings. The molecule has 1 N–H and O–H groups in total. The molecular formula is C12H15N5O3. The first-order chi connectivity index (χ1) is 9.66. The summed E-state index contributed by atoms with van der Waals surface area (Å²) in [7, 11) is 0. The van der Waals surface area contributed by atoms with Crippen molar-refractivity contribution < 1.29 is 9.90 Å². The van der Waals surface area contributed by atoms with Crippen molar-refractivity contribution in [3.8, 4) is 0 Å². The van der Waals surface area contributed by atoms with Crippen molar-refractivity contribution in [1.29, 1.82) is 0 Å². The minimum Gasteiger partial charge on any atom is -0.481 e. The molecule has 0 atom stereocenters. The van der Waals surface area contributed by atoms with Crippen molar-refractivity contribution in [3.63, 3.8) is 0 Å². The number of aryl methyl sites for hydroxylation is 3. The Bertz CT molecular complexity index is 634. The normalized spacial score (nSPS) is 10.6. The zero-order valence-corrected chi connectivity index (χ0v) is 10.8. The molecule has 0 saturated heterocycles. The van der Waals surface area contributed by atoms with Crippen molar-refractivity contribution in [1.82, 2.24) is 24.8 Å². The van der Waals surface area contributed by atoms with E-state index >= 15 is 0 Å². The SMILES string of the molecule is O=C(O)CCCn1nnnc1CCn1ccccc1=O. The Labute approximate surface area is 114 Å². The molecule has 0 aliphatic carbocycles. The predicted octanol–water partition coefficient (Wildman–Crippen LogP) is -0.0577. The Hall–Kier alpha value is -2.51. The number of aromatic nitrogens is 5. The molecule has 2 aromatic rings. The van der Waals surface area contributed by atoms with Crippen LogP contribution in [0.1, 0.15) is 18.7 Å². The van der Waals surface area contributed by atoms with Crippen molar-refractivity contribution in [3.05, 3.63) is 40.6 Å². The van der Waals surface area contributed by atoms with Crippen molar-refractivity contribution in [2.24, 2.45) is 0 Å². The van der Waals surface area contributed by atoms with Crippen LogP contribution in [0.15, 0.2) is 29.2 Å². The van der Waals surface area contributed by atoms with Gasteiger partial charge in [-0.2, -0.15) is 0 Å². The van der Waals surface area contributed by atoms with E-state index in [0.717, 1.165) is 0 Å². The highest BCUT2D eigenvalue weighted by Gasteiger charge is 2.07. The molecule has 0 spiro atoms. The average molecular weight is 277 g/mol. The number of carboxylic acids is 1. The second-order valence-electron chi connectivity index (χ2n) is 4.30. The molecule has 8 heteroatoms. The third kappa shape index (κ3) is 3.74. The quantitative estimate of drug-likeness (QED) is 0.760. The monoisotopic (exact) mass is 277 g/mol. The maximum atomic E-state index is 11.5. The first-order valence-electron chi connectivity index (χ1n) is 6.29. The van der Waals surface area contributed by atoms with Gasteiger partial charge in [-0.3, -0.25) is 9.59 Å². The molecule has 8 nitrogen and oxygen atoms in total. The zero-order valence-electron chi connectivity index (χ0n) is 10.8. The molecule has 0 aliphatic heterocycles. The minimum atomic E-state index is -0.838. The van der Waals surface area contributed by atoms with Crippen molar-refractivity contribution >= 4 is 5.97 Å². The van der Waals surface area contributed by atoms with Crippen LogP contribution in [-0.4, -0.2) is 35.9 Å². The highest BCUT2D eigenvalue weighted by atomic mass is 16.4. The van der Waals surface area contributed by atoms with Gasteiger partial charge in [-0.25, -0.2) is 4.68 Å². The molecule has 2 aromatic heterocycles. The van der Waals surface area contributed by atoms with E-state index in [-0.39, 0.29) is 12.0 Å². The molecule has 0 unspecified atom stereocenters. The summed E-state index contributed by atoms with van der Waals surface area (Å²) in [5, 5.41) is 19.9. The Balaban J connectivity index is 1.93. The summed E-state index contributed by atoms with van der Waals surface area (Å²) < 4.78 is 3.16. The molecule has 106 valence electrons. The largest absolute Gasteiger partial charge is 0.481 e. The fourth-order valence-corrected chi connectivity index (χ4v) is 1.82. The van der Waals surface area contributed by atoms with E-state index in [9.17, 15) is 9.59 Å². The van der Waals surface area contributed by atoms with Gasteiger partial charge in [0.1, 0.15) is 0 Å². The van der Waals surface area contributed by atoms with Crippen LogP contribution in [-0.2, 0) is 24.3 Å². The highest BCUT2D eigenvalue weighted by molar-refractivity contribution is 5.66. The lowest BCUT2D eigenvalue weighted by atomic mass is 10.3. The van der Waals surface area contributed by atoms with E-state index in [2.05, 4.69) is 15.5 Å².